The zero-order valence-corrected chi connectivity index (χ0v) is 14.0. The van der Waals surface area contributed by atoms with E-state index in [4.69, 9.17) is 4.42 Å². The van der Waals surface area contributed by atoms with E-state index < -0.39 is 0 Å². The minimum atomic E-state index is -0.0324. The highest BCUT2D eigenvalue weighted by molar-refractivity contribution is 7.09. The lowest BCUT2D eigenvalue weighted by molar-refractivity contribution is 0.0602. The highest BCUT2D eigenvalue weighted by atomic mass is 32.1. The second-order valence-electron chi connectivity index (χ2n) is 6.06. The van der Waals surface area contributed by atoms with Crippen molar-refractivity contribution < 1.29 is 9.21 Å². The van der Waals surface area contributed by atoms with Gasteiger partial charge in [-0.3, -0.25) is 4.79 Å². The Morgan fingerprint density at radius 2 is 2.27 bits per heavy atom. The molecular formula is C16H21N3O2S. The minimum absolute atomic E-state index is 0.0324. The first-order valence-corrected chi connectivity index (χ1v) is 8.62. The summed E-state index contributed by atoms with van der Waals surface area (Å²) in [5.74, 6) is 0.784. The summed E-state index contributed by atoms with van der Waals surface area (Å²) in [5.41, 5.74) is 1.47. The van der Waals surface area contributed by atoms with Gasteiger partial charge in [-0.15, -0.1) is 11.3 Å². The van der Waals surface area contributed by atoms with Crippen LogP contribution in [0.5, 0.6) is 0 Å². The zero-order valence-electron chi connectivity index (χ0n) is 13.2. The first-order chi connectivity index (χ1) is 10.6. The lowest BCUT2D eigenvalue weighted by Gasteiger charge is -2.34. The van der Waals surface area contributed by atoms with E-state index in [0.29, 0.717) is 11.5 Å². The van der Waals surface area contributed by atoms with E-state index in [9.17, 15) is 4.79 Å². The third-order valence-corrected chi connectivity index (χ3v) is 5.07. The molecule has 3 heterocycles. The number of thiazole rings is 1. The van der Waals surface area contributed by atoms with Crippen molar-refractivity contribution in [3.63, 3.8) is 0 Å². The maximum atomic E-state index is 13.0. The fraction of sp³-hybridized carbons (Fsp3) is 0.562. The highest BCUT2D eigenvalue weighted by Gasteiger charge is 2.33. The topological polar surface area (TPSA) is 59.2 Å². The van der Waals surface area contributed by atoms with Crippen LogP contribution in [0.1, 0.15) is 72.0 Å². The molecule has 0 N–H and O–H groups in total. The van der Waals surface area contributed by atoms with E-state index in [1.807, 2.05) is 31.1 Å². The summed E-state index contributed by atoms with van der Waals surface area (Å²) < 4.78 is 5.41. The molecule has 1 aliphatic rings. The van der Waals surface area contributed by atoms with E-state index in [-0.39, 0.29) is 17.9 Å². The summed E-state index contributed by atoms with van der Waals surface area (Å²) in [5, 5.41) is 3.07. The SMILES string of the molecule is Cc1csc(C2CCCCN2C(=O)c2ncoc2C(C)C)n1. The smallest absolute Gasteiger partial charge is 0.276 e. The average molecular weight is 319 g/mol. The molecule has 0 spiro atoms. The normalized spacial score (nSPS) is 18.9. The van der Waals surface area contributed by atoms with E-state index in [1.165, 1.54) is 6.39 Å². The Labute approximate surface area is 134 Å². The number of oxazole rings is 1. The average Bonchev–Trinajstić information content (AvgIpc) is 3.15. The largest absolute Gasteiger partial charge is 0.447 e. The molecular weight excluding hydrogens is 298 g/mol. The molecule has 1 unspecified atom stereocenters. The number of amides is 1. The molecule has 0 aliphatic carbocycles. The number of nitrogens with zero attached hydrogens (tertiary/aromatic N) is 3. The predicted molar refractivity (Wildman–Crippen MR) is 85.1 cm³/mol. The van der Waals surface area contributed by atoms with Gasteiger partial charge >= 0.3 is 0 Å². The number of carbonyl (C=O) groups excluding carboxylic acids is 1. The number of aryl methyl sites for hydroxylation is 1. The van der Waals surface area contributed by atoms with Crippen molar-refractivity contribution in [2.45, 2.75) is 52.0 Å². The van der Waals surface area contributed by atoms with Gasteiger partial charge in [-0.25, -0.2) is 9.97 Å². The summed E-state index contributed by atoms with van der Waals surface area (Å²) in [6.45, 7) is 6.76. The molecule has 5 nitrogen and oxygen atoms in total. The Morgan fingerprint density at radius 3 is 2.95 bits per heavy atom. The lowest BCUT2D eigenvalue weighted by atomic mass is 10.0. The Bertz CT molecular complexity index is 662. The van der Waals surface area contributed by atoms with Crippen LogP contribution in [-0.2, 0) is 0 Å². The molecule has 2 aromatic heterocycles. The maximum Gasteiger partial charge on any atom is 0.276 e. The van der Waals surface area contributed by atoms with Crippen LogP contribution < -0.4 is 0 Å². The number of carbonyl (C=O) groups is 1. The molecule has 3 rings (SSSR count). The number of piperidine rings is 1. The lowest BCUT2D eigenvalue weighted by Crippen LogP contribution is -2.39. The molecule has 118 valence electrons. The van der Waals surface area contributed by atoms with Crippen molar-refractivity contribution in [1.82, 2.24) is 14.9 Å². The maximum absolute atomic E-state index is 13.0. The van der Waals surface area contributed by atoms with Gasteiger partial charge < -0.3 is 9.32 Å². The van der Waals surface area contributed by atoms with Crippen LogP contribution in [0.15, 0.2) is 16.2 Å². The summed E-state index contributed by atoms with van der Waals surface area (Å²) in [6, 6.07) is 0.0664. The van der Waals surface area contributed by atoms with Gasteiger partial charge in [-0.05, 0) is 26.2 Å². The summed E-state index contributed by atoms with van der Waals surface area (Å²) >= 11 is 1.64. The number of rotatable bonds is 3. The molecule has 0 bridgehead atoms. The van der Waals surface area contributed by atoms with Crippen molar-refractivity contribution in [2.75, 3.05) is 6.54 Å². The second-order valence-corrected chi connectivity index (χ2v) is 6.95. The van der Waals surface area contributed by atoms with E-state index in [2.05, 4.69) is 9.97 Å². The van der Waals surface area contributed by atoms with Crippen molar-refractivity contribution in [2.24, 2.45) is 0 Å². The van der Waals surface area contributed by atoms with Gasteiger partial charge in [0.15, 0.2) is 12.1 Å². The van der Waals surface area contributed by atoms with E-state index in [1.54, 1.807) is 11.3 Å². The van der Waals surface area contributed by atoms with Gasteiger partial charge in [-0.2, -0.15) is 0 Å². The first-order valence-electron chi connectivity index (χ1n) is 7.74. The predicted octanol–water partition coefficient (Wildman–Crippen LogP) is 3.93. The Hall–Kier alpha value is -1.69. The summed E-state index contributed by atoms with van der Waals surface area (Å²) in [6.07, 6.45) is 4.49. The van der Waals surface area contributed by atoms with Gasteiger partial charge in [0.2, 0.25) is 0 Å². The van der Waals surface area contributed by atoms with Gasteiger partial charge in [0.1, 0.15) is 10.8 Å². The fourth-order valence-corrected chi connectivity index (χ4v) is 3.86. The quantitative estimate of drug-likeness (QED) is 0.860. The van der Waals surface area contributed by atoms with Gasteiger partial charge in [0.05, 0.1) is 6.04 Å². The third kappa shape index (κ3) is 2.79. The van der Waals surface area contributed by atoms with E-state index >= 15 is 0 Å². The standard InChI is InChI=1S/C16H21N3O2S/c1-10(2)14-13(17-9-21-14)16(20)19-7-5-4-6-12(19)15-18-11(3)8-22-15/h8-10,12H,4-7H2,1-3H3. The van der Waals surface area contributed by atoms with Crippen LogP contribution in [0.2, 0.25) is 0 Å². The van der Waals surface area contributed by atoms with Crippen molar-refractivity contribution in [3.8, 4) is 0 Å². The molecule has 1 aliphatic heterocycles. The van der Waals surface area contributed by atoms with Crippen LogP contribution in [0.25, 0.3) is 0 Å². The van der Waals surface area contributed by atoms with Gasteiger partial charge in [-0.1, -0.05) is 13.8 Å². The number of hydrogen-bond acceptors (Lipinski definition) is 5. The Kier molecular flexibility index (Phi) is 4.29. The number of likely N-dealkylation sites (tertiary alicyclic amines) is 1. The Morgan fingerprint density at radius 1 is 1.45 bits per heavy atom. The Balaban J connectivity index is 1.90. The molecule has 0 radical (unpaired) electrons. The molecule has 0 aromatic carbocycles. The van der Waals surface area contributed by atoms with E-state index in [0.717, 1.165) is 36.5 Å². The number of aromatic nitrogens is 2. The van der Waals surface area contributed by atoms with Crippen molar-refractivity contribution >= 4 is 17.2 Å². The molecule has 0 saturated carbocycles. The molecule has 2 aromatic rings. The van der Waals surface area contributed by atoms with Crippen LogP contribution in [0, 0.1) is 6.92 Å². The molecule has 1 saturated heterocycles. The molecule has 22 heavy (non-hydrogen) atoms. The second kappa shape index (κ2) is 6.20. The molecule has 1 fully saturated rings. The first kappa shape index (κ1) is 15.2. The van der Waals surface area contributed by atoms with Crippen LogP contribution in [-0.4, -0.2) is 27.3 Å². The van der Waals surface area contributed by atoms with Crippen LogP contribution in [0.3, 0.4) is 0 Å². The highest BCUT2D eigenvalue weighted by Crippen LogP contribution is 2.34. The number of hydrogen-bond donors (Lipinski definition) is 0. The summed E-state index contributed by atoms with van der Waals surface area (Å²) in [7, 11) is 0. The molecule has 6 heteroatoms. The fourth-order valence-electron chi connectivity index (χ4n) is 2.92. The third-order valence-electron chi connectivity index (χ3n) is 4.01. The van der Waals surface area contributed by atoms with Gasteiger partial charge in [0, 0.05) is 23.5 Å². The molecule has 1 amide bonds. The molecule has 1 atom stereocenters. The van der Waals surface area contributed by atoms with Gasteiger partial charge in [0.25, 0.3) is 5.91 Å². The zero-order chi connectivity index (χ0) is 15.7. The minimum Gasteiger partial charge on any atom is -0.447 e. The monoisotopic (exact) mass is 319 g/mol. The van der Waals surface area contributed by atoms with Crippen molar-refractivity contribution in [3.05, 3.63) is 33.9 Å². The van der Waals surface area contributed by atoms with Crippen LogP contribution >= 0.6 is 11.3 Å². The van der Waals surface area contributed by atoms with Crippen LogP contribution in [0.4, 0.5) is 0 Å². The summed E-state index contributed by atoms with van der Waals surface area (Å²) in [4.78, 5) is 23.6. The van der Waals surface area contributed by atoms with Crippen molar-refractivity contribution in [1.29, 1.82) is 0 Å².